The second kappa shape index (κ2) is 5.57. The van der Waals surface area contributed by atoms with Crippen molar-refractivity contribution < 1.29 is 9.90 Å². The van der Waals surface area contributed by atoms with Crippen LogP contribution in [0.25, 0.3) is 0 Å². The Hall–Kier alpha value is -0.270. The molecule has 1 aromatic rings. The highest BCUT2D eigenvalue weighted by Crippen LogP contribution is 2.30. The molecule has 0 aliphatic carbocycles. The number of hydrogen-bond donors (Lipinski definition) is 1. The van der Waals surface area contributed by atoms with Gasteiger partial charge in [-0.3, -0.25) is 4.79 Å². The van der Waals surface area contributed by atoms with Gasteiger partial charge in [0.05, 0.1) is 6.42 Å². The summed E-state index contributed by atoms with van der Waals surface area (Å²) in [6.45, 7) is 1.87. The van der Waals surface area contributed by atoms with Crippen molar-refractivity contribution in [2.45, 2.75) is 27.3 Å². The van der Waals surface area contributed by atoms with Crippen LogP contribution in [-0.4, -0.2) is 32.8 Å². The zero-order valence-electron chi connectivity index (χ0n) is 7.76. The summed E-state index contributed by atoms with van der Waals surface area (Å²) < 4.78 is 1.75. The zero-order chi connectivity index (χ0) is 10.6. The summed E-state index contributed by atoms with van der Waals surface area (Å²) >= 11 is 4.50. The maximum absolute atomic E-state index is 10.4. The van der Waals surface area contributed by atoms with Gasteiger partial charge in [-0.25, -0.2) is 0 Å². The van der Waals surface area contributed by atoms with E-state index in [1.807, 2.05) is 13.2 Å². The maximum atomic E-state index is 10.4. The lowest BCUT2D eigenvalue weighted by molar-refractivity contribution is -0.136. The molecule has 0 radical (unpaired) electrons. The van der Waals surface area contributed by atoms with E-state index in [9.17, 15) is 4.79 Å². The second-order valence-electron chi connectivity index (χ2n) is 2.56. The van der Waals surface area contributed by atoms with Crippen LogP contribution in [0.15, 0.2) is 8.68 Å². The molecular formula is C7H10N2O2S3. The minimum Gasteiger partial charge on any atom is -0.481 e. The number of carboxylic acids is 1. The van der Waals surface area contributed by atoms with E-state index < -0.39 is 5.97 Å². The lowest BCUT2D eigenvalue weighted by Crippen LogP contribution is -2.05. The van der Waals surface area contributed by atoms with Crippen LogP contribution < -0.4 is 0 Å². The Labute approximate surface area is 94.5 Å². The Morgan fingerprint density at radius 3 is 2.71 bits per heavy atom. The van der Waals surface area contributed by atoms with Crippen molar-refractivity contribution in [3.05, 3.63) is 0 Å². The Morgan fingerprint density at radius 2 is 2.21 bits per heavy atom. The van der Waals surface area contributed by atoms with Crippen molar-refractivity contribution in [3.8, 4) is 0 Å². The Balaban J connectivity index is 2.47. The molecule has 0 aromatic carbocycles. The molecule has 14 heavy (non-hydrogen) atoms. The van der Waals surface area contributed by atoms with Gasteiger partial charge in [0.25, 0.3) is 0 Å². The van der Waals surface area contributed by atoms with E-state index in [-0.39, 0.29) is 11.7 Å². The lowest BCUT2D eigenvalue weighted by Gasteiger charge is -2.03. The van der Waals surface area contributed by atoms with Gasteiger partial charge in [-0.15, -0.1) is 10.2 Å². The molecule has 1 unspecified atom stereocenters. The van der Waals surface area contributed by atoms with Crippen molar-refractivity contribution in [1.29, 1.82) is 0 Å². The van der Waals surface area contributed by atoms with E-state index in [4.69, 9.17) is 5.11 Å². The number of hydrogen-bond acceptors (Lipinski definition) is 6. The third-order valence-electron chi connectivity index (χ3n) is 1.33. The highest BCUT2D eigenvalue weighted by molar-refractivity contribution is 8.03. The number of aliphatic carboxylic acids is 1. The first-order valence-electron chi connectivity index (χ1n) is 3.87. The minimum absolute atomic E-state index is 0.0372. The monoisotopic (exact) mass is 250 g/mol. The van der Waals surface area contributed by atoms with Gasteiger partial charge in [0.2, 0.25) is 0 Å². The molecule has 7 heteroatoms. The van der Waals surface area contributed by atoms with Crippen LogP contribution in [-0.2, 0) is 4.79 Å². The first kappa shape index (κ1) is 11.8. The molecule has 4 nitrogen and oxygen atoms in total. The average Bonchev–Trinajstić information content (AvgIpc) is 2.50. The average molecular weight is 250 g/mol. The predicted octanol–water partition coefficient (Wildman–Crippen LogP) is 2.22. The van der Waals surface area contributed by atoms with E-state index in [2.05, 4.69) is 10.2 Å². The van der Waals surface area contributed by atoms with Crippen LogP contribution in [0.1, 0.15) is 13.3 Å². The lowest BCUT2D eigenvalue weighted by atomic mass is 10.3. The SMILES string of the molecule is CSc1nnc(SC(C)CC(=O)O)s1. The summed E-state index contributed by atoms with van der Waals surface area (Å²) in [5.41, 5.74) is 0. The van der Waals surface area contributed by atoms with Gasteiger partial charge in [0, 0.05) is 5.25 Å². The molecule has 0 amide bonds. The number of nitrogens with zero attached hydrogens (tertiary/aromatic N) is 2. The van der Waals surface area contributed by atoms with Gasteiger partial charge in [-0.1, -0.05) is 41.8 Å². The first-order chi connectivity index (χ1) is 6.61. The van der Waals surface area contributed by atoms with Crippen molar-refractivity contribution in [2.24, 2.45) is 0 Å². The summed E-state index contributed by atoms with van der Waals surface area (Å²) in [6, 6.07) is 0. The second-order valence-corrected chi connectivity index (χ2v) is 6.28. The molecule has 0 saturated carbocycles. The summed E-state index contributed by atoms with van der Waals surface area (Å²) in [6.07, 6.45) is 2.09. The summed E-state index contributed by atoms with van der Waals surface area (Å²) in [5.74, 6) is -0.778. The minimum atomic E-state index is -0.778. The number of aromatic nitrogens is 2. The summed E-state index contributed by atoms with van der Waals surface area (Å²) in [4.78, 5) is 10.4. The van der Waals surface area contributed by atoms with Crippen molar-refractivity contribution in [1.82, 2.24) is 10.2 Å². The smallest absolute Gasteiger partial charge is 0.304 e. The van der Waals surface area contributed by atoms with Crippen molar-refractivity contribution >= 4 is 40.8 Å². The van der Waals surface area contributed by atoms with Crippen LogP contribution in [0.4, 0.5) is 0 Å². The largest absolute Gasteiger partial charge is 0.481 e. The third kappa shape index (κ3) is 3.85. The number of carboxylic acid groups (broad SMARTS) is 1. The molecule has 0 bridgehead atoms. The predicted molar refractivity (Wildman–Crippen MR) is 59.3 cm³/mol. The molecule has 1 rings (SSSR count). The van der Waals surface area contributed by atoms with Crippen LogP contribution in [0, 0.1) is 0 Å². The van der Waals surface area contributed by atoms with Crippen molar-refractivity contribution in [2.75, 3.05) is 6.26 Å². The molecule has 0 saturated heterocycles. The molecule has 1 N–H and O–H groups in total. The van der Waals surface area contributed by atoms with Crippen LogP contribution in [0.5, 0.6) is 0 Å². The van der Waals surface area contributed by atoms with Crippen LogP contribution in [0.2, 0.25) is 0 Å². The fraction of sp³-hybridized carbons (Fsp3) is 0.571. The summed E-state index contributed by atoms with van der Waals surface area (Å²) in [7, 11) is 0. The molecular weight excluding hydrogens is 240 g/mol. The first-order valence-corrected chi connectivity index (χ1v) is 6.80. The van der Waals surface area contributed by atoms with Gasteiger partial charge < -0.3 is 5.11 Å². The van der Waals surface area contributed by atoms with Crippen molar-refractivity contribution in [3.63, 3.8) is 0 Å². The molecule has 0 spiro atoms. The molecule has 0 aliphatic heterocycles. The van der Waals surface area contributed by atoms with Crippen LogP contribution in [0.3, 0.4) is 0 Å². The van der Waals surface area contributed by atoms with Gasteiger partial charge in [-0.2, -0.15) is 0 Å². The Morgan fingerprint density at radius 1 is 1.57 bits per heavy atom. The number of thioether (sulfide) groups is 2. The quantitative estimate of drug-likeness (QED) is 0.808. The number of carbonyl (C=O) groups is 1. The molecule has 78 valence electrons. The Kier molecular flexibility index (Phi) is 4.70. The zero-order valence-corrected chi connectivity index (χ0v) is 10.2. The highest BCUT2D eigenvalue weighted by atomic mass is 32.2. The molecule has 1 atom stereocenters. The fourth-order valence-corrected chi connectivity index (χ4v) is 3.53. The van der Waals surface area contributed by atoms with E-state index in [0.29, 0.717) is 0 Å². The molecule has 1 aromatic heterocycles. The van der Waals surface area contributed by atoms with E-state index in [0.717, 1.165) is 8.68 Å². The van der Waals surface area contributed by atoms with Gasteiger partial charge in [-0.05, 0) is 6.26 Å². The molecule has 1 heterocycles. The normalized spacial score (nSPS) is 12.7. The Bertz CT molecular complexity index is 316. The number of rotatable bonds is 5. The van der Waals surface area contributed by atoms with Gasteiger partial charge in [0.15, 0.2) is 8.68 Å². The standard InChI is InChI=1S/C7H10N2O2S3/c1-4(3-5(10)11)13-7-9-8-6(12-2)14-7/h4H,3H2,1-2H3,(H,10,11). The van der Waals surface area contributed by atoms with E-state index in [1.165, 1.54) is 23.1 Å². The van der Waals surface area contributed by atoms with Gasteiger partial charge in [0.1, 0.15) is 0 Å². The third-order valence-corrected chi connectivity index (χ3v) is 4.41. The van der Waals surface area contributed by atoms with E-state index in [1.54, 1.807) is 11.8 Å². The molecule has 0 fully saturated rings. The fourth-order valence-electron chi connectivity index (χ4n) is 0.787. The topological polar surface area (TPSA) is 63.1 Å². The van der Waals surface area contributed by atoms with Crippen LogP contribution >= 0.6 is 34.9 Å². The highest BCUT2D eigenvalue weighted by Gasteiger charge is 2.12. The van der Waals surface area contributed by atoms with E-state index >= 15 is 0 Å². The molecule has 0 aliphatic rings. The summed E-state index contributed by atoms with van der Waals surface area (Å²) in [5, 5.41) is 16.5. The van der Waals surface area contributed by atoms with Gasteiger partial charge >= 0.3 is 5.97 Å². The maximum Gasteiger partial charge on any atom is 0.304 e.